The van der Waals surface area contributed by atoms with Gasteiger partial charge in [-0.1, -0.05) is 0 Å². The van der Waals surface area contributed by atoms with Gasteiger partial charge in [-0.25, -0.2) is 0 Å². The molecule has 0 bridgehead atoms. The van der Waals surface area contributed by atoms with E-state index >= 15 is 0 Å². The second-order valence-electron chi connectivity index (χ2n) is 0.109. The second kappa shape index (κ2) is 9.68. The molecule has 0 aromatic rings. The van der Waals surface area contributed by atoms with E-state index in [4.69, 9.17) is 0 Å². The molecule has 0 rings (SSSR count). The molecule has 0 unspecified atom stereocenters. The van der Waals surface area contributed by atoms with Gasteiger partial charge in [0.15, 0.2) is 0 Å². The predicted octanol–water partition coefficient (Wildman–Crippen LogP) is 1.55. The highest BCUT2D eigenvalue weighted by Gasteiger charge is 1.13. The molecule has 0 spiro atoms. The molecular formula is C2H2Br2. The lowest BCUT2D eigenvalue weighted by Crippen LogP contribution is -0.923. The van der Waals surface area contributed by atoms with Gasteiger partial charge in [-0.15, -0.1) is 23.4 Å². The van der Waals surface area contributed by atoms with Gasteiger partial charge in [0.05, 0.1) is 0 Å². The van der Waals surface area contributed by atoms with Gasteiger partial charge in [0, 0.05) is 15.9 Å². The lowest BCUT2D eigenvalue weighted by atomic mass is 11.4. The van der Waals surface area contributed by atoms with E-state index in [9.17, 15) is 0 Å². The van der Waals surface area contributed by atoms with Crippen molar-refractivity contribution >= 4 is 32.9 Å². The first-order valence-electron chi connectivity index (χ1n) is 0.478. The topological polar surface area (TPSA) is 0 Å². The lowest BCUT2D eigenvalue weighted by Gasteiger charge is -1.18. The molecule has 0 aliphatic carbocycles. The van der Waals surface area contributed by atoms with Gasteiger partial charge in [0.1, 0.15) is 0 Å². The van der Waals surface area contributed by atoms with Crippen molar-refractivity contribution in [3.63, 3.8) is 0 Å². The molecule has 0 N–H and O–H groups in total. The van der Waals surface area contributed by atoms with Crippen molar-refractivity contribution in [2.75, 3.05) is 0 Å². The normalized spacial score (nSPS) is 2.00. The second-order valence-corrected chi connectivity index (χ2v) is 0.567. The van der Waals surface area contributed by atoms with Gasteiger partial charge in [0.25, 0.3) is 0 Å². The Morgan fingerprint density at radius 3 is 1.75 bits per heavy atom. The Hall–Kier alpha value is 0.520. The third kappa shape index (κ3) is 21.5. The summed E-state index contributed by atoms with van der Waals surface area (Å²) in [5.74, 6) is 0. The van der Waals surface area contributed by atoms with Crippen LogP contribution in [-0.4, -0.2) is 0 Å². The summed E-state index contributed by atoms with van der Waals surface area (Å²) in [6, 6.07) is 0. The van der Waals surface area contributed by atoms with Crippen molar-refractivity contribution in [2.45, 2.75) is 0 Å². The quantitative estimate of drug-likeness (QED) is 0.503. The van der Waals surface area contributed by atoms with Gasteiger partial charge in [-0.3, -0.25) is 0 Å². The Bertz CT molecular complexity index is 25.5. The molecule has 0 heterocycles. The SMILES string of the molecule is Br.C#CBr. The van der Waals surface area contributed by atoms with Crippen LogP contribution in [0.3, 0.4) is 0 Å². The zero-order chi connectivity index (χ0) is 2.71. The van der Waals surface area contributed by atoms with Crippen LogP contribution in [0.2, 0.25) is 0 Å². The highest BCUT2D eigenvalue weighted by molar-refractivity contribution is 9.12. The summed E-state index contributed by atoms with van der Waals surface area (Å²) in [5, 5.41) is 0. The maximum atomic E-state index is 4.51. The molecule has 0 fully saturated rings. The van der Waals surface area contributed by atoms with E-state index < -0.39 is 0 Å². The molecule has 0 aliphatic heterocycles. The Balaban J connectivity index is 0. The fourth-order valence-electron chi connectivity index (χ4n) is 0. The molecule has 0 nitrogen and oxygen atoms in total. The molecule has 0 saturated carbocycles. The average Bonchev–Trinajstić information content (AvgIpc) is 0.918. The summed E-state index contributed by atoms with van der Waals surface area (Å²) in [4.78, 5) is 2.06. The molecule has 0 atom stereocenters. The number of halogens is 2. The number of hydrogen-bond donors (Lipinski definition) is 0. The standard InChI is InChI=1S/C2HBr.BrH/c1-2-3;/h1H;1H. The van der Waals surface area contributed by atoms with Crippen molar-refractivity contribution < 1.29 is 0 Å². The zero-order valence-electron chi connectivity index (χ0n) is 1.86. The fraction of sp³-hybridized carbons (Fsp3) is 0. The molecule has 0 aromatic carbocycles. The Labute approximate surface area is 44.5 Å². The van der Waals surface area contributed by atoms with Crippen molar-refractivity contribution in [3.8, 4) is 11.3 Å². The van der Waals surface area contributed by atoms with Crippen LogP contribution in [0, 0.1) is 11.3 Å². The van der Waals surface area contributed by atoms with Gasteiger partial charge < -0.3 is 0 Å². The minimum atomic E-state index is 0. The summed E-state index contributed by atoms with van der Waals surface area (Å²) >= 11 is 2.67. The van der Waals surface area contributed by atoms with Crippen LogP contribution in [0.1, 0.15) is 0 Å². The molecule has 0 aromatic heterocycles. The molecule has 0 radical (unpaired) electrons. The predicted molar refractivity (Wildman–Crippen MR) is 28.1 cm³/mol. The Morgan fingerprint density at radius 1 is 1.75 bits per heavy atom. The van der Waals surface area contributed by atoms with E-state index in [2.05, 4.69) is 27.2 Å². The monoisotopic (exact) mass is 184 g/mol. The number of rotatable bonds is 0. The minimum Gasteiger partial charge on any atom is -0.114 e. The first-order valence-corrected chi connectivity index (χ1v) is 1.27. The summed E-state index contributed by atoms with van der Waals surface area (Å²) in [7, 11) is 0. The summed E-state index contributed by atoms with van der Waals surface area (Å²) in [5.41, 5.74) is 0. The molecule has 4 heavy (non-hydrogen) atoms. The highest BCUT2D eigenvalue weighted by atomic mass is 79.9. The molecule has 24 valence electrons. The van der Waals surface area contributed by atoms with Crippen LogP contribution >= 0.6 is 32.9 Å². The van der Waals surface area contributed by atoms with E-state index in [-0.39, 0.29) is 17.0 Å². The zero-order valence-corrected chi connectivity index (χ0v) is 5.16. The molecule has 0 saturated heterocycles. The Morgan fingerprint density at radius 2 is 1.75 bits per heavy atom. The van der Waals surface area contributed by atoms with Crippen LogP contribution in [0.25, 0.3) is 0 Å². The average molecular weight is 186 g/mol. The molecule has 0 aliphatic rings. The molecular weight excluding hydrogens is 184 g/mol. The van der Waals surface area contributed by atoms with E-state index in [1.807, 2.05) is 0 Å². The Kier molecular flexibility index (Phi) is 21.3. The number of terminal acetylenes is 1. The van der Waals surface area contributed by atoms with Crippen molar-refractivity contribution in [1.82, 2.24) is 0 Å². The molecule has 2 heteroatoms. The largest absolute Gasteiger partial charge is 0.114 e. The maximum absolute atomic E-state index is 4.51. The lowest BCUT2D eigenvalue weighted by molar-refractivity contribution is 3.22. The fourth-order valence-corrected chi connectivity index (χ4v) is 0. The third-order valence-electron chi connectivity index (χ3n) is 0. The van der Waals surface area contributed by atoms with Crippen LogP contribution in [0.15, 0.2) is 0 Å². The van der Waals surface area contributed by atoms with Crippen LogP contribution in [0.5, 0.6) is 0 Å². The van der Waals surface area contributed by atoms with Gasteiger partial charge in [-0.05, 0) is 4.83 Å². The van der Waals surface area contributed by atoms with Crippen LogP contribution in [-0.2, 0) is 0 Å². The van der Waals surface area contributed by atoms with Crippen LogP contribution in [0.4, 0.5) is 0 Å². The number of hydrogen-bond acceptors (Lipinski definition) is 0. The van der Waals surface area contributed by atoms with Crippen molar-refractivity contribution in [2.24, 2.45) is 0 Å². The first-order chi connectivity index (χ1) is 1.41. The summed E-state index contributed by atoms with van der Waals surface area (Å²) in [6.07, 6.45) is 4.51. The van der Waals surface area contributed by atoms with E-state index in [1.165, 1.54) is 0 Å². The van der Waals surface area contributed by atoms with E-state index in [0.717, 1.165) is 0 Å². The minimum absolute atomic E-state index is 0. The summed E-state index contributed by atoms with van der Waals surface area (Å²) in [6.45, 7) is 0. The third-order valence-corrected chi connectivity index (χ3v) is 0. The van der Waals surface area contributed by atoms with Gasteiger partial charge in [0.2, 0.25) is 0 Å². The van der Waals surface area contributed by atoms with Crippen molar-refractivity contribution in [3.05, 3.63) is 0 Å². The van der Waals surface area contributed by atoms with E-state index in [1.54, 1.807) is 0 Å². The highest BCUT2D eigenvalue weighted by Crippen LogP contribution is 1.58. The summed E-state index contributed by atoms with van der Waals surface area (Å²) < 4.78 is 0. The smallest absolute Gasteiger partial charge is 0.0103 e. The van der Waals surface area contributed by atoms with Crippen LogP contribution < -0.4 is 0 Å². The van der Waals surface area contributed by atoms with Gasteiger partial charge in [-0.2, -0.15) is 0 Å². The van der Waals surface area contributed by atoms with E-state index in [0.29, 0.717) is 0 Å². The maximum Gasteiger partial charge on any atom is 0.0103 e. The first kappa shape index (κ1) is 8.82. The molecule has 0 amide bonds. The van der Waals surface area contributed by atoms with Crippen molar-refractivity contribution in [1.29, 1.82) is 0 Å². The van der Waals surface area contributed by atoms with Gasteiger partial charge >= 0.3 is 0 Å².